The van der Waals surface area contributed by atoms with Gasteiger partial charge in [-0.05, 0) is 36.8 Å². The van der Waals surface area contributed by atoms with E-state index in [4.69, 9.17) is 20.5 Å². The summed E-state index contributed by atoms with van der Waals surface area (Å²) in [5, 5.41) is 8.97. The second-order valence-electron chi connectivity index (χ2n) is 4.65. The summed E-state index contributed by atoms with van der Waals surface area (Å²) in [7, 11) is 0. The molecule has 0 bridgehead atoms. The molecule has 0 aliphatic heterocycles. The maximum atomic E-state index is 11.2. The van der Waals surface area contributed by atoms with E-state index >= 15 is 0 Å². The molecule has 0 saturated heterocycles. The molecule has 0 aliphatic rings. The summed E-state index contributed by atoms with van der Waals surface area (Å²) in [6.45, 7) is 2.47. The number of para-hydroxylation sites is 1. The number of carbonyl (C=O) groups excluding carboxylic acids is 1. The van der Waals surface area contributed by atoms with E-state index in [-0.39, 0.29) is 0 Å². The van der Waals surface area contributed by atoms with Crippen molar-refractivity contribution in [2.45, 2.75) is 6.92 Å². The molecule has 0 aliphatic carbocycles. The Labute approximate surface area is 128 Å². The monoisotopic (exact) mass is 296 g/mol. The predicted octanol–water partition coefficient (Wildman–Crippen LogP) is 2.42. The van der Waals surface area contributed by atoms with Crippen LogP contribution >= 0.6 is 0 Å². The maximum absolute atomic E-state index is 11.2. The average molecular weight is 296 g/mol. The lowest BCUT2D eigenvalue weighted by atomic mass is 10.1. The quantitative estimate of drug-likeness (QED) is 0.829. The standard InChI is InChI=1S/C17H16N2O3/c1-12-6-7-13(17(19)20)10-16(12)22-9-8-21-15-5-3-2-4-14(15)11-18/h2-7,10H,8-9H2,1H3,(H2,19,20). The molecule has 0 unspecified atom stereocenters. The van der Waals surface area contributed by atoms with E-state index in [1.807, 2.05) is 6.92 Å². The van der Waals surface area contributed by atoms with Gasteiger partial charge in [0.1, 0.15) is 30.8 Å². The highest BCUT2D eigenvalue weighted by molar-refractivity contribution is 5.93. The first-order valence-electron chi connectivity index (χ1n) is 6.77. The van der Waals surface area contributed by atoms with Gasteiger partial charge in [0.05, 0.1) is 5.56 Å². The number of hydrogen-bond donors (Lipinski definition) is 1. The SMILES string of the molecule is Cc1ccc(C(N)=O)cc1OCCOc1ccccc1C#N. The van der Waals surface area contributed by atoms with Crippen molar-refractivity contribution in [1.82, 2.24) is 0 Å². The summed E-state index contributed by atoms with van der Waals surface area (Å²) >= 11 is 0. The first-order valence-corrected chi connectivity index (χ1v) is 6.77. The number of nitrogens with zero attached hydrogens (tertiary/aromatic N) is 1. The van der Waals surface area contributed by atoms with Gasteiger partial charge in [-0.3, -0.25) is 4.79 Å². The molecular weight excluding hydrogens is 280 g/mol. The third-order valence-corrected chi connectivity index (χ3v) is 3.08. The number of aryl methyl sites for hydroxylation is 1. The Morgan fingerprint density at radius 2 is 1.82 bits per heavy atom. The van der Waals surface area contributed by atoms with Crippen LogP contribution in [-0.4, -0.2) is 19.1 Å². The Hall–Kier alpha value is -3.00. The number of hydrogen-bond acceptors (Lipinski definition) is 4. The number of primary amides is 1. The zero-order valence-corrected chi connectivity index (χ0v) is 12.2. The third kappa shape index (κ3) is 3.76. The molecule has 0 fully saturated rings. The Bertz CT molecular complexity index is 720. The van der Waals surface area contributed by atoms with Crippen LogP contribution in [0, 0.1) is 18.3 Å². The van der Waals surface area contributed by atoms with E-state index in [0.29, 0.717) is 35.8 Å². The molecule has 2 aromatic rings. The normalized spacial score (nSPS) is 9.82. The van der Waals surface area contributed by atoms with E-state index in [1.54, 1.807) is 42.5 Å². The van der Waals surface area contributed by atoms with Crippen LogP contribution in [0.2, 0.25) is 0 Å². The molecule has 2 aromatic carbocycles. The molecule has 0 saturated carbocycles. The second kappa shape index (κ2) is 7.14. The van der Waals surface area contributed by atoms with Crippen molar-refractivity contribution in [3.05, 3.63) is 59.2 Å². The van der Waals surface area contributed by atoms with Crippen LogP contribution < -0.4 is 15.2 Å². The highest BCUT2D eigenvalue weighted by Crippen LogP contribution is 2.20. The molecule has 0 radical (unpaired) electrons. The lowest BCUT2D eigenvalue weighted by Crippen LogP contribution is -2.13. The number of nitriles is 1. The first kappa shape index (κ1) is 15.4. The minimum Gasteiger partial charge on any atom is -0.490 e. The van der Waals surface area contributed by atoms with E-state index < -0.39 is 5.91 Å². The minimum atomic E-state index is -0.496. The fourth-order valence-electron chi connectivity index (χ4n) is 1.90. The number of benzene rings is 2. The van der Waals surface area contributed by atoms with Gasteiger partial charge in [-0.15, -0.1) is 0 Å². The number of rotatable bonds is 6. The van der Waals surface area contributed by atoms with Gasteiger partial charge < -0.3 is 15.2 Å². The molecule has 0 heterocycles. The maximum Gasteiger partial charge on any atom is 0.248 e. The van der Waals surface area contributed by atoms with Gasteiger partial charge in [-0.25, -0.2) is 0 Å². The zero-order chi connectivity index (χ0) is 15.9. The van der Waals surface area contributed by atoms with Gasteiger partial charge in [0.25, 0.3) is 0 Å². The summed E-state index contributed by atoms with van der Waals surface area (Å²) in [6, 6.07) is 14.1. The van der Waals surface area contributed by atoms with Crippen molar-refractivity contribution in [3.8, 4) is 17.6 Å². The molecule has 5 nitrogen and oxygen atoms in total. The Kier molecular flexibility index (Phi) is 4.99. The van der Waals surface area contributed by atoms with Crippen LogP contribution in [0.5, 0.6) is 11.5 Å². The highest BCUT2D eigenvalue weighted by Gasteiger charge is 2.06. The summed E-state index contributed by atoms with van der Waals surface area (Å²) in [6.07, 6.45) is 0. The fraction of sp³-hybridized carbons (Fsp3) is 0.176. The lowest BCUT2D eigenvalue weighted by molar-refractivity contribution is 0.0999. The van der Waals surface area contributed by atoms with E-state index in [0.717, 1.165) is 5.56 Å². The van der Waals surface area contributed by atoms with Gasteiger partial charge in [0.2, 0.25) is 5.91 Å². The smallest absolute Gasteiger partial charge is 0.248 e. The van der Waals surface area contributed by atoms with E-state index in [2.05, 4.69) is 6.07 Å². The summed E-state index contributed by atoms with van der Waals surface area (Å²) < 4.78 is 11.1. The summed E-state index contributed by atoms with van der Waals surface area (Å²) in [5.74, 6) is 0.619. The number of nitrogens with two attached hydrogens (primary N) is 1. The molecule has 5 heteroatoms. The van der Waals surface area contributed by atoms with Crippen molar-refractivity contribution in [3.63, 3.8) is 0 Å². The summed E-state index contributed by atoms with van der Waals surface area (Å²) in [5.41, 5.74) is 7.03. The molecule has 112 valence electrons. The molecule has 2 N–H and O–H groups in total. The Morgan fingerprint density at radius 1 is 1.14 bits per heavy atom. The lowest BCUT2D eigenvalue weighted by Gasteiger charge is -2.11. The minimum absolute atomic E-state index is 0.291. The van der Waals surface area contributed by atoms with Crippen molar-refractivity contribution in [2.24, 2.45) is 5.73 Å². The molecule has 22 heavy (non-hydrogen) atoms. The predicted molar refractivity (Wildman–Crippen MR) is 81.8 cm³/mol. The van der Waals surface area contributed by atoms with Crippen LogP contribution in [0.3, 0.4) is 0 Å². The molecule has 0 spiro atoms. The van der Waals surface area contributed by atoms with Crippen LogP contribution in [0.25, 0.3) is 0 Å². The van der Waals surface area contributed by atoms with Crippen LogP contribution in [0.15, 0.2) is 42.5 Å². The molecular formula is C17H16N2O3. The topological polar surface area (TPSA) is 85.3 Å². The second-order valence-corrected chi connectivity index (χ2v) is 4.65. The number of ether oxygens (including phenoxy) is 2. The molecule has 0 atom stereocenters. The largest absolute Gasteiger partial charge is 0.490 e. The van der Waals surface area contributed by atoms with Gasteiger partial charge in [0, 0.05) is 5.56 Å². The van der Waals surface area contributed by atoms with Gasteiger partial charge in [-0.1, -0.05) is 18.2 Å². The Morgan fingerprint density at radius 3 is 2.50 bits per heavy atom. The van der Waals surface area contributed by atoms with Crippen LogP contribution in [-0.2, 0) is 0 Å². The third-order valence-electron chi connectivity index (χ3n) is 3.08. The van der Waals surface area contributed by atoms with Crippen LogP contribution in [0.1, 0.15) is 21.5 Å². The van der Waals surface area contributed by atoms with E-state index in [9.17, 15) is 4.79 Å². The summed E-state index contributed by atoms with van der Waals surface area (Å²) in [4.78, 5) is 11.2. The number of amides is 1. The van der Waals surface area contributed by atoms with Gasteiger partial charge >= 0.3 is 0 Å². The molecule has 0 aromatic heterocycles. The van der Waals surface area contributed by atoms with Crippen molar-refractivity contribution < 1.29 is 14.3 Å². The fourth-order valence-corrected chi connectivity index (χ4v) is 1.90. The van der Waals surface area contributed by atoms with Gasteiger partial charge in [-0.2, -0.15) is 5.26 Å². The van der Waals surface area contributed by atoms with Crippen LogP contribution in [0.4, 0.5) is 0 Å². The van der Waals surface area contributed by atoms with Gasteiger partial charge in [0.15, 0.2) is 0 Å². The molecule has 2 rings (SSSR count). The molecule has 1 amide bonds. The highest BCUT2D eigenvalue weighted by atomic mass is 16.5. The zero-order valence-electron chi connectivity index (χ0n) is 12.2. The Balaban J connectivity index is 1.93. The van der Waals surface area contributed by atoms with Crippen molar-refractivity contribution in [1.29, 1.82) is 5.26 Å². The van der Waals surface area contributed by atoms with Crippen molar-refractivity contribution in [2.75, 3.05) is 13.2 Å². The van der Waals surface area contributed by atoms with E-state index in [1.165, 1.54) is 0 Å². The number of carbonyl (C=O) groups is 1. The first-order chi connectivity index (χ1) is 10.6. The average Bonchev–Trinajstić information content (AvgIpc) is 2.53. The van der Waals surface area contributed by atoms with Crippen molar-refractivity contribution >= 4 is 5.91 Å².